The molecule has 2 aromatic carbocycles. The molecule has 0 saturated heterocycles. The molecule has 0 aliphatic heterocycles. The van der Waals surface area contributed by atoms with Crippen molar-refractivity contribution in [1.29, 1.82) is 0 Å². The van der Waals surface area contributed by atoms with Crippen LogP contribution in [-0.2, 0) is 4.79 Å². The quantitative estimate of drug-likeness (QED) is 0.618. The lowest BCUT2D eigenvalue weighted by atomic mass is 10.0. The van der Waals surface area contributed by atoms with Crippen molar-refractivity contribution in [3.8, 4) is 0 Å². The summed E-state index contributed by atoms with van der Waals surface area (Å²) in [7, 11) is 0. The molecule has 0 unspecified atom stereocenters. The number of halogens is 1. The number of rotatable bonds is 6. The minimum Gasteiger partial charge on any atom is -0.351 e. The monoisotopic (exact) mass is 438 g/mol. The first-order chi connectivity index (χ1) is 15.0. The van der Waals surface area contributed by atoms with E-state index in [4.69, 9.17) is 0 Å². The van der Waals surface area contributed by atoms with Crippen LogP contribution in [0.1, 0.15) is 53.3 Å². The van der Waals surface area contributed by atoms with Gasteiger partial charge >= 0.3 is 0 Å². The highest BCUT2D eigenvalue weighted by Gasteiger charge is 2.36. The average molecular weight is 439 g/mol. The van der Waals surface area contributed by atoms with Gasteiger partial charge in [-0.05, 0) is 60.6 Å². The predicted molar refractivity (Wildman–Crippen MR) is 117 cm³/mol. The van der Waals surface area contributed by atoms with Gasteiger partial charge in [0.05, 0.1) is 0 Å². The molecule has 3 aromatic rings. The van der Waals surface area contributed by atoms with Gasteiger partial charge in [-0.3, -0.25) is 14.5 Å². The fourth-order valence-corrected chi connectivity index (χ4v) is 4.42. The van der Waals surface area contributed by atoms with Gasteiger partial charge in [-0.1, -0.05) is 47.7 Å². The van der Waals surface area contributed by atoms with E-state index < -0.39 is 17.8 Å². The second kappa shape index (κ2) is 9.34. The van der Waals surface area contributed by atoms with Crippen LogP contribution >= 0.6 is 11.5 Å². The first kappa shape index (κ1) is 21.1. The Bertz CT molecular complexity index is 1050. The Hall–Kier alpha value is -3.13. The van der Waals surface area contributed by atoms with Gasteiger partial charge in [0.1, 0.15) is 11.9 Å². The molecule has 1 atom stereocenters. The summed E-state index contributed by atoms with van der Waals surface area (Å²) >= 11 is 1.07. The first-order valence-electron chi connectivity index (χ1n) is 10.3. The summed E-state index contributed by atoms with van der Waals surface area (Å²) in [6, 6.07) is 12.2. The zero-order valence-corrected chi connectivity index (χ0v) is 17.9. The Labute approximate surface area is 184 Å². The minimum atomic E-state index is -0.975. The number of para-hydroxylation sites is 1. The third-order valence-electron chi connectivity index (χ3n) is 5.57. The van der Waals surface area contributed by atoms with Gasteiger partial charge in [0.15, 0.2) is 5.69 Å². The van der Waals surface area contributed by atoms with Gasteiger partial charge in [-0.25, -0.2) is 4.39 Å². The van der Waals surface area contributed by atoms with E-state index in [-0.39, 0.29) is 17.6 Å². The normalized spacial score (nSPS) is 14.9. The van der Waals surface area contributed by atoms with E-state index in [0.29, 0.717) is 11.3 Å². The minimum absolute atomic E-state index is 0.0743. The summed E-state index contributed by atoms with van der Waals surface area (Å²) in [5.41, 5.74) is 2.11. The van der Waals surface area contributed by atoms with Crippen LogP contribution in [0.4, 0.5) is 10.1 Å². The number of carbonyl (C=O) groups is 2. The van der Waals surface area contributed by atoms with Crippen molar-refractivity contribution in [3.05, 3.63) is 76.5 Å². The summed E-state index contributed by atoms with van der Waals surface area (Å²) in [6.45, 7) is 1.88. The highest BCUT2D eigenvalue weighted by Crippen LogP contribution is 2.32. The molecule has 0 spiro atoms. The van der Waals surface area contributed by atoms with Crippen LogP contribution < -0.4 is 10.2 Å². The molecule has 160 valence electrons. The number of hydrogen-bond donors (Lipinski definition) is 1. The largest absolute Gasteiger partial charge is 0.351 e. The maximum Gasteiger partial charge on any atom is 0.280 e. The van der Waals surface area contributed by atoms with Crippen LogP contribution in [0.15, 0.2) is 53.9 Å². The molecule has 1 aromatic heterocycles. The molecule has 1 aliphatic carbocycles. The van der Waals surface area contributed by atoms with E-state index in [1.165, 1.54) is 17.0 Å². The number of anilines is 1. The topological polar surface area (TPSA) is 75.2 Å². The summed E-state index contributed by atoms with van der Waals surface area (Å²) in [4.78, 5) is 28.6. The van der Waals surface area contributed by atoms with Crippen molar-refractivity contribution in [2.75, 3.05) is 4.90 Å². The Morgan fingerprint density at radius 1 is 1.13 bits per heavy atom. The van der Waals surface area contributed by atoms with E-state index in [2.05, 4.69) is 14.9 Å². The molecule has 1 N–H and O–H groups in total. The fraction of sp³-hybridized carbons (Fsp3) is 0.304. The van der Waals surface area contributed by atoms with Gasteiger partial charge in [0, 0.05) is 17.1 Å². The highest BCUT2D eigenvalue weighted by atomic mass is 32.1. The van der Waals surface area contributed by atoms with Crippen molar-refractivity contribution in [3.63, 3.8) is 0 Å². The Kier molecular flexibility index (Phi) is 6.36. The van der Waals surface area contributed by atoms with Crippen LogP contribution in [-0.4, -0.2) is 27.4 Å². The van der Waals surface area contributed by atoms with Crippen molar-refractivity contribution in [2.24, 2.45) is 0 Å². The first-order valence-corrected chi connectivity index (χ1v) is 11.1. The number of nitrogens with one attached hydrogen (secondary N) is 1. The molecule has 1 saturated carbocycles. The SMILES string of the molecule is Cc1ccccc1N(C(=O)c1csnn1)[C@H](C(=O)NC1CCCC1)c1ccc(F)cc1. The molecule has 2 amide bonds. The number of carbonyl (C=O) groups excluding carboxylic acids is 2. The standard InChI is InChI=1S/C23H23FN4O2S/c1-15-6-2-5-9-20(15)28(23(30)19-14-31-27-26-19)21(16-10-12-17(24)13-11-16)22(29)25-18-7-3-4-8-18/h2,5-6,9-14,18,21H,3-4,7-8H2,1H3,(H,25,29)/t21-/m0/s1. The van der Waals surface area contributed by atoms with E-state index in [9.17, 15) is 14.0 Å². The maximum absolute atomic E-state index is 13.7. The molecule has 1 heterocycles. The van der Waals surface area contributed by atoms with Crippen molar-refractivity contribution >= 4 is 29.0 Å². The van der Waals surface area contributed by atoms with Crippen LogP contribution in [0.25, 0.3) is 0 Å². The van der Waals surface area contributed by atoms with Crippen molar-refractivity contribution in [1.82, 2.24) is 14.9 Å². The summed E-state index contributed by atoms with van der Waals surface area (Å²) in [5.74, 6) is -1.13. The lowest BCUT2D eigenvalue weighted by Gasteiger charge is -2.32. The van der Waals surface area contributed by atoms with E-state index >= 15 is 0 Å². The second-order valence-electron chi connectivity index (χ2n) is 7.70. The number of nitrogens with zero attached hydrogens (tertiary/aromatic N) is 3. The predicted octanol–water partition coefficient (Wildman–Crippen LogP) is 4.43. The number of amides is 2. The van der Waals surface area contributed by atoms with Crippen LogP contribution in [0.3, 0.4) is 0 Å². The molecular weight excluding hydrogens is 415 g/mol. The van der Waals surface area contributed by atoms with Gasteiger partial charge in [0.2, 0.25) is 5.91 Å². The number of aromatic nitrogens is 2. The highest BCUT2D eigenvalue weighted by molar-refractivity contribution is 7.03. The molecule has 31 heavy (non-hydrogen) atoms. The smallest absolute Gasteiger partial charge is 0.280 e. The Balaban J connectivity index is 1.82. The van der Waals surface area contributed by atoms with E-state index in [0.717, 1.165) is 42.8 Å². The summed E-state index contributed by atoms with van der Waals surface area (Å²) < 4.78 is 17.5. The van der Waals surface area contributed by atoms with Crippen LogP contribution in [0.5, 0.6) is 0 Å². The molecule has 0 bridgehead atoms. The summed E-state index contributed by atoms with van der Waals surface area (Å²) in [5, 5.41) is 8.59. The molecule has 1 aliphatic rings. The average Bonchev–Trinajstić information content (AvgIpc) is 3.47. The van der Waals surface area contributed by atoms with Gasteiger partial charge < -0.3 is 5.32 Å². The van der Waals surface area contributed by atoms with Gasteiger partial charge in [0.25, 0.3) is 5.91 Å². The van der Waals surface area contributed by atoms with E-state index in [1.54, 1.807) is 23.6 Å². The fourth-order valence-electron chi connectivity index (χ4n) is 3.99. The maximum atomic E-state index is 13.7. The van der Waals surface area contributed by atoms with Crippen molar-refractivity contribution < 1.29 is 14.0 Å². The number of hydrogen-bond acceptors (Lipinski definition) is 5. The van der Waals surface area contributed by atoms with Crippen LogP contribution in [0.2, 0.25) is 0 Å². The zero-order valence-electron chi connectivity index (χ0n) is 17.1. The number of benzene rings is 2. The second-order valence-corrected chi connectivity index (χ2v) is 8.31. The van der Waals surface area contributed by atoms with Crippen molar-refractivity contribution in [2.45, 2.75) is 44.7 Å². The Morgan fingerprint density at radius 2 is 1.84 bits per heavy atom. The Morgan fingerprint density at radius 3 is 2.48 bits per heavy atom. The zero-order chi connectivity index (χ0) is 21.8. The molecule has 8 heteroatoms. The molecule has 0 radical (unpaired) electrons. The lowest BCUT2D eigenvalue weighted by Crippen LogP contribution is -2.46. The summed E-state index contributed by atoms with van der Waals surface area (Å²) in [6.07, 6.45) is 3.96. The molecule has 4 rings (SSSR count). The van der Waals surface area contributed by atoms with E-state index in [1.807, 2.05) is 25.1 Å². The molecule has 6 nitrogen and oxygen atoms in total. The van der Waals surface area contributed by atoms with Crippen LogP contribution in [0, 0.1) is 12.7 Å². The third-order valence-corrected chi connectivity index (χ3v) is 6.07. The molecule has 1 fully saturated rings. The van der Waals surface area contributed by atoms with Gasteiger partial charge in [-0.15, -0.1) is 5.10 Å². The number of aryl methyl sites for hydroxylation is 1. The lowest BCUT2D eigenvalue weighted by molar-refractivity contribution is -0.123. The van der Waals surface area contributed by atoms with Gasteiger partial charge in [-0.2, -0.15) is 0 Å². The third kappa shape index (κ3) is 4.64. The molecular formula is C23H23FN4O2S.